The quantitative estimate of drug-likeness (QED) is 0.193. The number of morpholine rings is 1. The molecule has 1 fully saturated rings. The van der Waals surface area contributed by atoms with Crippen LogP contribution >= 0.6 is 0 Å². The average Bonchev–Trinajstić information content (AvgIpc) is 3.55. The van der Waals surface area contributed by atoms with E-state index in [1.54, 1.807) is 0 Å². The number of carbonyl (C=O) groups is 2. The van der Waals surface area contributed by atoms with Crippen LogP contribution in [0.3, 0.4) is 0 Å². The number of nitrogens with one attached hydrogen (secondary N) is 1. The number of fused-ring (bicyclic) bond motifs is 2. The summed E-state index contributed by atoms with van der Waals surface area (Å²) in [5.41, 5.74) is 8.83. The highest BCUT2D eigenvalue weighted by Crippen LogP contribution is 2.48. The Labute approximate surface area is 276 Å². The first kappa shape index (κ1) is 30.8. The van der Waals surface area contributed by atoms with Gasteiger partial charge in [0.1, 0.15) is 6.04 Å². The molecule has 1 aromatic heterocycles. The maximum absolute atomic E-state index is 14.6. The van der Waals surface area contributed by atoms with E-state index in [9.17, 15) is 9.59 Å². The van der Waals surface area contributed by atoms with Crippen molar-refractivity contribution >= 4 is 34.1 Å². The average molecular weight is 627 g/mol. The Morgan fingerprint density at radius 3 is 2.32 bits per heavy atom. The van der Waals surface area contributed by atoms with Crippen molar-refractivity contribution in [3.63, 3.8) is 0 Å². The molecule has 2 aliphatic heterocycles. The molecule has 240 valence electrons. The van der Waals surface area contributed by atoms with Gasteiger partial charge in [0, 0.05) is 53.5 Å². The standard InChI is InChI=1S/C40H42N4O3/c1-5-27(3)36(39(45)41-29-18-20-30(21-19-29)43-22-24-47-25-23-43)44-38(31-10-6-7-11-32(31)40(44)46)35-33-12-8-9-13-34(33)42(4)37(35)28-16-14-26(2)15-17-28/h6-21,27,36,38H,5,22-25H2,1-4H3,(H,41,45). The van der Waals surface area contributed by atoms with E-state index in [-0.39, 0.29) is 17.7 Å². The lowest BCUT2D eigenvalue weighted by molar-refractivity contribution is -0.122. The van der Waals surface area contributed by atoms with Gasteiger partial charge in [0.2, 0.25) is 5.91 Å². The Kier molecular flexibility index (Phi) is 8.33. The van der Waals surface area contributed by atoms with Gasteiger partial charge in [0.15, 0.2) is 0 Å². The zero-order valence-electron chi connectivity index (χ0n) is 27.6. The molecule has 2 amide bonds. The smallest absolute Gasteiger partial charge is 0.255 e. The van der Waals surface area contributed by atoms with E-state index < -0.39 is 12.1 Å². The Morgan fingerprint density at radius 1 is 0.915 bits per heavy atom. The van der Waals surface area contributed by atoms with Crippen LogP contribution in [-0.4, -0.2) is 53.6 Å². The first-order chi connectivity index (χ1) is 22.9. The first-order valence-electron chi connectivity index (χ1n) is 16.7. The van der Waals surface area contributed by atoms with Gasteiger partial charge in [-0.1, -0.05) is 86.5 Å². The SMILES string of the molecule is CCC(C)C(C(=O)Nc1ccc(N2CCOCC2)cc1)N1C(=O)c2ccccc2C1c1c(-c2ccc(C)cc2)n(C)c2ccccc12. The molecule has 1 N–H and O–H groups in total. The summed E-state index contributed by atoms with van der Waals surface area (Å²) in [4.78, 5) is 33.2. The maximum Gasteiger partial charge on any atom is 0.255 e. The van der Waals surface area contributed by atoms with Crippen molar-refractivity contribution in [1.29, 1.82) is 0 Å². The lowest BCUT2D eigenvalue weighted by atomic mass is 9.90. The summed E-state index contributed by atoms with van der Waals surface area (Å²) in [6, 6.07) is 31.6. The van der Waals surface area contributed by atoms with Crippen LogP contribution in [0.25, 0.3) is 22.2 Å². The third-order valence-electron chi connectivity index (χ3n) is 10.0. The van der Waals surface area contributed by atoms with Crippen molar-refractivity contribution in [2.45, 2.75) is 39.3 Å². The van der Waals surface area contributed by atoms with Crippen molar-refractivity contribution in [1.82, 2.24) is 9.47 Å². The molecule has 2 aliphatic rings. The Bertz CT molecular complexity index is 1920. The highest BCUT2D eigenvalue weighted by Gasteiger charge is 2.47. The number of benzene rings is 4. The summed E-state index contributed by atoms with van der Waals surface area (Å²) < 4.78 is 7.74. The molecular formula is C40H42N4O3. The van der Waals surface area contributed by atoms with Crippen molar-refractivity contribution in [3.05, 3.63) is 119 Å². The van der Waals surface area contributed by atoms with Crippen LogP contribution < -0.4 is 10.2 Å². The summed E-state index contributed by atoms with van der Waals surface area (Å²) in [5.74, 6) is -0.389. The summed E-state index contributed by atoms with van der Waals surface area (Å²) in [5, 5.41) is 4.27. The van der Waals surface area contributed by atoms with E-state index in [1.165, 1.54) is 5.56 Å². The fourth-order valence-electron chi connectivity index (χ4n) is 7.35. The highest BCUT2D eigenvalue weighted by molar-refractivity contribution is 6.06. The predicted molar refractivity (Wildman–Crippen MR) is 189 cm³/mol. The van der Waals surface area contributed by atoms with Crippen LogP contribution in [0.2, 0.25) is 0 Å². The van der Waals surface area contributed by atoms with Crippen molar-refractivity contribution in [2.24, 2.45) is 13.0 Å². The van der Waals surface area contributed by atoms with Crippen molar-refractivity contribution in [2.75, 3.05) is 36.5 Å². The summed E-state index contributed by atoms with van der Waals surface area (Å²) in [7, 11) is 2.09. The van der Waals surface area contributed by atoms with Crippen LogP contribution in [-0.2, 0) is 16.6 Å². The molecule has 47 heavy (non-hydrogen) atoms. The normalized spacial score (nSPS) is 17.5. The first-order valence-corrected chi connectivity index (χ1v) is 16.7. The molecule has 0 aliphatic carbocycles. The maximum atomic E-state index is 14.6. The summed E-state index contributed by atoms with van der Waals surface area (Å²) in [6.07, 6.45) is 0.737. The number of hydrogen-bond donors (Lipinski definition) is 1. The molecule has 0 spiro atoms. The van der Waals surface area contributed by atoms with Gasteiger partial charge in [0.05, 0.1) is 24.9 Å². The molecule has 5 aromatic rings. The second-order valence-electron chi connectivity index (χ2n) is 12.9. The van der Waals surface area contributed by atoms with Gasteiger partial charge in [0.25, 0.3) is 5.91 Å². The minimum absolute atomic E-state index is 0.0961. The molecule has 7 heteroatoms. The van der Waals surface area contributed by atoms with E-state index in [4.69, 9.17) is 4.74 Å². The Balaban J connectivity index is 1.34. The topological polar surface area (TPSA) is 66.8 Å². The second kappa shape index (κ2) is 12.7. The number of rotatable bonds is 8. The predicted octanol–water partition coefficient (Wildman–Crippen LogP) is 7.59. The van der Waals surface area contributed by atoms with Gasteiger partial charge in [-0.2, -0.15) is 0 Å². The number of nitrogens with zero attached hydrogens (tertiary/aromatic N) is 3. The number of hydrogen-bond acceptors (Lipinski definition) is 4. The van der Waals surface area contributed by atoms with Gasteiger partial charge in [-0.25, -0.2) is 0 Å². The van der Waals surface area contributed by atoms with Crippen LogP contribution in [0.5, 0.6) is 0 Å². The van der Waals surface area contributed by atoms with Gasteiger partial charge in [-0.15, -0.1) is 0 Å². The minimum atomic E-state index is -0.700. The van der Waals surface area contributed by atoms with E-state index in [2.05, 4.69) is 97.2 Å². The third-order valence-corrected chi connectivity index (χ3v) is 10.0. The number of anilines is 2. The number of para-hydroxylation sites is 1. The molecule has 0 bridgehead atoms. The number of aromatic nitrogens is 1. The third kappa shape index (κ3) is 5.48. The number of ether oxygens (including phenoxy) is 1. The minimum Gasteiger partial charge on any atom is -0.378 e. The van der Waals surface area contributed by atoms with Gasteiger partial charge < -0.3 is 24.4 Å². The van der Waals surface area contributed by atoms with E-state index in [0.29, 0.717) is 24.5 Å². The van der Waals surface area contributed by atoms with Crippen LogP contribution in [0.15, 0.2) is 97.1 Å². The largest absolute Gasteiger partial charge is 0.378 e. The van der Waals surface area contributed by atoms with E-state index >= 15 is 0 Å². The molecule has 4 aromatic carbocycles. The molecule has 7 rings (SSSR count). The number of amides is 2. The lowest BCUT2D eigenvalue weighted by Crippen LogP contribution is -2.50. The molecule has 0 radical (unpaired) electrons. The fourth-order valence-corrected chi connectivity index (χ4v) is 7.35. The van der Waals surface area contributed by atoms with Crippen molar-refractivity contribution in [3.8, 4) is 11.3 Å². The molecule has 3 unspecified atom stereocenters. The Hall–Kier alpha value is -4.88. The van der Waals surface area contributed by atoms with Crippen LogP contribution in [0.4, 0.5) is 11.4 Å². The van der Waals surface area contributed by atoms with Gasteiger partial charge in [-0.05, 0) is 60.4 Å². The summed E-state index contributed by atoms with van der Waals surface area (Å²) in [6.45, 7) is 9.36. The van der Waals surface area contributed by atoms with E-state index in [0.717, 1.165) is 58.5 Å². The monoisotopic (exact) mass is 626 g/mol. The fraction of sp³-hybridized carbons (Fsp3) is 0.300. The molecular weight excluding hydrogens is 584 g/mol. The Morgan fingerprint density at radius 2 is 1.60 bits per heavy atom. The molecule has 3 heterocycles. The lowest BCUT2D eigenvalue weighted by Gasteiger charge is -2.36. The van der Waals surface area contributed by atoms with Gasteiger partial charge in [-0.3, -0.25) is 9.59 Å². The number of carbonyl (C=O) groups excluding carboxylic acids is 2. The molecule has 1 saturated heterocycles. The zero-order chi connectivity index (χ0) is 32.7. The molecule has 7 nitrogen and oxygen atoms in total. The highest BCUT2D eigenvalue weighted by atomic mass is 16.5. The zero-order valence-corrected chi connectivity index (χ0v) is 27.6. The van der Waals surface area contributed by atoms with Gasteiger partial charge >= 0.3 is 0 Å². The summed E-state index contributed by atoms with van der Waals surface area (Å²) >= 11 is 0. The van der Waals surface area contributed by atoms with Crippen LogP contribution in [0.1, 0.15) is 53.4 Å². The number of aryl methyl sites for hydroxylation is 2. The van der Waals surface area contributed by atoms with E-state index in [1.807, 2.05) is 47.4 Å². The van der Waals surface area contributed by atoms with Crippen LogP contribution in [0, 0.1) is 12.8 Å². The second-order valence-corrected chi connectivity index (χ2v) is 12.9. The molecule has 3 atom stereocenters. The van der Waals surface area contributed by atoms with Crippen molar-refractivity contribution < 1.29 is 14.3 Å². The molecule has 0 saturated carbocycles.